The molecule has 0 amide bonds. The average molecular weight is 245 g/mol. The molecule has 2 heterocycles. The van der Waals surface area contributed by atoms with Crippen LogP contribution in [0.4, 0.5) is 5.82 Å². The van der Waals surface area contributed by atoms with Crippen molar-refractivity contribution in [1.29, 1.82) is 0 Å². The zero-order valence-corrected chi connectivity index (χ0v) is 11.6. The standard InChI is InChI=1S/C13H19N5/c1-8-6-12(18(5)17-8)7-14-13-9(2)10(3)15-11(4)16-13/h6H,7H2,1-5H3,(H,14,15,16). The second kappa shape index (κ2) is 4.76. The molecule has 0 saturated carbocycles. The van der Waals surface area contributed by atoms with E-state index in [4.69, 9.17) is 0 Å². The number of rotatable bonds is 3. The minimum absolute atomic E-state index is 0.716. The summed E-state index contributed by atoms with van der Waals surface area (Å²) in [6.45, 7) is 8.66. The van der Waals surface area contributed by atoms with Gasteiger partial charge in [-0.2, -0.15) is 5.10 Å². The summed E-state index contributed by atoms with van der Waals surface area (Å²) >= 11 is 0. The first kappa shape index (κ1) is 12.5. The first-order valence-corrected chi connectivity index (χ1v) is 6.02. The van der Waals surface area contributed by atoms with Gasteiger partial charge < -0.3 is 5.32 Å². The quantitative estimate of drug-likeness (QED) is 0.899. The summed E-state index contributed by atoms with van der Waals surface area (Å²) in [5.41, 5.74) is 4.28. The van der Waals surface area contributed by atoms with Gasteiger partial charge in [-0.05, 0) is 33.8 Å². The summed E-state index contributed by atoms with van der Waals surface area (Å²) in [6, 6.07) is 2.07. The molecule has 0 saturated heterocycles. The molecule has 5 heteroatoms. The minimum atomic E-state index is 0.716. The molecule has 1 N–H and O–H groups in total. The number of aromatic nitrogens is 4. The normalized spacial score (nSPS) is 10.7. The Kier molecular flexibility index (Phi) is 3.32. The van der Waals surface area contributed by atoms with Gasteiger partial charge in [-0.25, -0.2) is 9.97 Å². The van der Waals surface area contributed by atoms with Gasteiger partial charge in [0, 0.05) is 18.3 Å². The summed E-state index contributed by atoms with van der Waals surface area (Å²) < 4.78 is 1.89. The molecular formula is C13H19N5. The Bertz CT molecular complexity index is 571. The van der Waals surface area contributed by atoms with Crippen molar-refractivity contribution in [1.82, 2.24) is 19.7 Å². The Balaban J connectivity index is 2.18. The van der Waals surface area contributed by atoms with Crippen LogP contribution in [0.15, 0.2) is 6.07 Å². The van der Waals surface area contributed by atoms with Crippen molar-refractivity contribution in [3.8, 4) is 0 Å². The molecule has 0 spiro atoms. The van der Waals surface area contributed by atoms with Crippen molar-refractivity contribution in [3.05, 3.63) is 34.5 Å². The Morgan fingerprint density at radius 2 is 1.89 bits per heavy atom. The van der Waals surface area contributed by atoms with Crippen molar-refractivity contribution in [3.63, 3.8) is 0 Å². The third-order valence-electron chi connectivity index (χ3n) is 3.04. The zero-order valence-electron chi connectivity index (χ0n) is 11.6. The fraction of sp³-hybridized carbons (Fsp3) is 0.462. The molecule has 0 atom stereocenters. The molecule has 0 radical (unpaired) electrons. The van der Waals surface area contributed by atoms with Crippen LogP contribution in [0.25, 0.3) is 0 Å². The van der Waals surface area contributed by atoms with Crippen LogP contribution in [-0.2, 0) is 13.6 Å². The second-order valence-electron chi connectivity index (χ2n) is 4.58. The van der Waals surface area contributed by atoms with E-state index in [9.17, 15) is 0 Å². The summed E-state index contributed by atoms with van der Waals surface area (Å²) in [5.74, 6) is 1.70. The molecule has 0 aliphatic heterocycles. The molecule has 0 aromatic carbocycles. The van der Waals surface area contributed by atoms with Crippen molar-refractivity contribution in [2.45, 2.75) is 34.2 Å². The van der Waals surface area contributed by atoms with Crippen LogP contribution in [0.2, 0.25) is 0 Å². The Labute approximate surface area is 107 Å². The van der Waals surface area contributed by atoms with Gasteiger partial charge in [-0.1, -0.05) is 0 Å². The molecular weight excluding hydrogens is 226 g/mol. The third-order valence-corrected chi connectivity index (χ3v) is 3.04. The van der Waals surface area contributed by atoms with Crippen LogP contribution in [0.5, 0.6) is 0 Å². The Morgan fingerprint density at radius 1 is 1.17 bits per heavy atom. The number of nitrogens with one attached hydrogen (secondary N) is 1. The highest BCUT2D eigenvalue weighted by Gasteiger charge is 2.07. The van der Waals surface area contributed by atoms with Gasteiger partial charge in [-0.15, -0.1) is 0 Å². The fourth-order valence-electron chi connectivity index (χ4n) is 1.94. The van der Waals surface area contributed by atoms with E-state index in [2.05, 4.69) is 26.4 Å². The molecule has 0 unspecified atom stereocenters. The predicted octanol–water partition coefficient (Wildman–Crippen LogP) is 2.06. The molecule has 0 fully saturated rings. The van der Waals surface area contributed by atoms with Gasteiger partial charge in [-0.3, -0.25) is 4.68 Å². The minimum Gasteiger partial charge on any atom is -0.364 e. The van der Waals surface area contributed by atoms with Gasteiger partial charge >= 0.3 is 0 Å². The lowest BCUT2D eigenvalue weighted by Gasteiger charge is -2.11. The summed E-state index contributed by atoms with van der Waals surface area (Å²) in [5, 5.41) is 7.68. The van der Waals surface area contributed by atoms with Crippen LogP contribution < -0.4 is 5.32 Å². The third kappa shape index (κ3) is 2.50. The predicted molar refractivity (Wildman–Crippen MR) is 71.5 cm³/mol. The average Bonchev–Trinajstić information content (AvgIpc) is 2.60. The number of aryl methyl sites for hydroxylation is 4. The van der Waals surface area contributed by atoms with Crippen molar-refractivity contribution >= 4 is 5.82 Å². The maximum atomic E-state index is 4.43. The van der Waals surface area contributed by atoms with Gasteiger partial charge in [0.05, 0.1) is 17.9 Å². The topological polar surface area (TPSA) is 55.6 Å². The second-order valence-corrected chi connectivity index (χ2v) is 4.58. The van der Waals surface area contributed by atoms with E-state index < -0.39 is 0 Å². The lowest BCUT2D eigenvalue weighted by molar-refractivity contribution is 0.712. The summed E-state index contributed by atoms with van der Waals surface area (Å²) in [6.07, 6.45) is 0. The van der Waals surface area contributed by atoms with E-state index in [0.717, 1.165) is 34.3 Å². The highest BCUT2D eigenvalue weighted by Crippen LogP contribution is 2.15. The molecule has 96 valence electrons. The molecule has 5 nitrogen and oxygen atoms in total. The van der Waals surface area contributed by atoms with Gasteiger partial charge in [0.25, 0.3) is 0 Å². The number of hydrogen-bond donors (Lipinski definition) is 1. The number of anilines is 1. The molecule has 2 aromatic heterocycles. The van der Waals surface area contributed by atoms with Gasteiger partial charge in [0.15, 0.2) is 0 Å². The highest BCUT2D eigenvalue weighted by atomic mass is 15.3. The van der Waals surface area contributed by atoms with Crippen molar-refractivity contribution < 1.29 is 0 Å². The van der Waals surface area contributed by atoms with Crippen LogP contribution in [-0.4, -0.2) is 19.7 Å². The molecule has 18 heavy (non-hydrogen) atoms. The summed E-state index contributed by atoms with van der Waals surface area (Å²) in [7, 11) is 1.95. The fourth-order valence-corrected chi connectivity index (χ4v) is 1.94. The van der Waals surface area contributed by atoms with Gasteiger partial charge in [0.1, 0.15) is 11.6 Å². The molecule has 0 aliphatic carbocycles. The Morgan fingerprint density at radius 3 is 2.50 bits per heavy atom. The first-order chi connectivity index (χ1) is 8.47. The lowest BCUT2D eigenvalue weighted by atomic mass is 10.2. The maximum Gasteiger partial charge on any atom is 0.133 e. The van der Waals surface area contributed by atoms with E-state index in [1.807, 2.05) is 39.4 Å². The van der Waals surface area contributed by atoms with E-state index in [1.165, 1.54) is 0 Å². The van der Waals surface area contributed by atoms with Gasteiger partial charge in [0.2, 0.25) is 0 Å². The van der Waals surface area contributed by atoms with Crippen LogP contribution in [0.1, 0.15) is 28.5 Å². The van der Waals surface area contributed by atoms with Crippen molar-refractivity contribution in [2.24, 2.45) is 7.05 Å². The number of nitrogens with zero attached hydrogens (tertiary/aromatic N) is 4. The van der Waals surface area contributed by atoms with Crippen molar-refractivity contribution in [2.75, 3.05) is 5.32 Å². The van der Waals surface area contributed by atoms with Crippen LogP contribution in [0.3, 0.4) is 0 Å². The number of hydrogen-bond acceptors (Lipinski definition) is 4. The molecule has 2 rings (SSSR count). The largest absolute Gasteiger partial charge is 0.364 e. The van der Waals surface area contributed by atoms with E-state index in [1.54, 1.807) is 0 Å². The molecule has 0 aliphatic rings. The SMILES string of the molecule is Cc1cc(CNc2nc(C)nc(C)c2C)n(C)n1. The molecule has 0 bridgehead atoms. The first-order valence-electron chi connectivity index (χ1n) is 6.02. The smallest absolute Gasteiger partial charge is 0.133 e. The zero-order chi connectivity index (χ0) is 13.3. The Hall–Kier alpha value is -1.91. The van der Waals surface area contributed by atoms with Crippen LogP contribution in [0, 0.1) is 27.7 Å². The van der Waals surface area contributed by atoms with Crippen LogP contribution >= 0.6 is 0 Å². The van der Waals surface area contributed by atoms with E-state index in [0.29, 0.717) is 6.54 Å². The van der Waals surface area contributed by atoms with E-state index >= 15 is 0 Å². The maximum absolute atomic E-state index is 4.43. The monoisotopic (exact) mass is 245 g/mol. The van der Waals surface area contributed by atoms with E-state index in [-0.39, 0.29) is 0 Å². The lowest BCUT2D eigenvalue weighted by Crippen LogP contribution is -2.09. The summed E-state index contributed by atoms with van der Waals surface area (Å²) in [4.78, 5) is 8.78. The highest BCUT2D eigenvalue weighted by molar-refractivity contribution is 5.45. The molecule has 2 aromatic rings.